The molecule has 0 spiro atoms. The normalized spacial score (nSPS) is 10.0. The quantitative estimate of drug-likeness (QED) is 0.923. The molecule has 0 bridgehead atoms. The summed E-state index contributed by atoms with van der Waals surface area (Å²) in [5.74, 6) is 0.743. The van der Waals surface area contributed by atoms with E-state index in [4.69, 9.17) is 26.2 Å². The zero-order valence-electron chi connectivity index (χ0n) is 10.1. The number of rotatable bonds is 4. The summed E-state index contributed by atoms with van der Waals surface area (Å²) in [6.07, 6.45) is 0. The molecule has 5 heteroatoms. The molecule has 0 amide bonds. The lowest BCUT2D eigenvalue weighted by molar-refractivity contribution is 0.0697. The first-order chi connectivity index (χ1) is 9.10. The molecule has 2 aromatic carbocycles. The van der Waals surface area contributed by atoms with Crippen LogP contribution in [-0.4, -0.2) is 18.2 Å². The second-order valence-electron chi connectivity index (χ2n) is 3.72. The van der Waals surface area contributed by atoms with Crippen LogP contribution in [0.4, 0.5) is 0 Å². The van der Waals surface area contributed by atoms with Gasteiger partial charge in [0.25, 0.3) is 0 Å². The third-order valence-corrected chi connectivity index (χ3v) is 2.78. The number of carboxylic acids is 1. The average Bonchev–Trinajstić information content (AvgIpc) is 2.39. The van der Waals surface area contributed by atoms with Gasteiger partial charge in [-0.1, -0.05) is 11.6 Å². The van der Waals surface area contributed by atoms with Gasteiger partial charge in [0.1, 0.15) is 17.2 Å². The first-order valence-corrected chi connectivity index (χ1v) is 5.82. The Labute approximate surface area is 115 Å². The Bertz CT molecular complexity index is 593. The summed E-state index contributed by atoms with van der Waals surface area (Å²) in [6.45, 7) is 0. The highest BCUT2D eigenvalue weighted by Crippen LogP contribution is 2.27. The van der Waals surface area contributed by atoms with Crippen molar-refractivity contribution in [2.75, 3.05) is 7.11 Å². The van der Waals surface area contributed by atoms with Crippen molar-refractivity contribution >= 4 is 17.6 Å². The molecular weight excluding hydrogens is 268 g/mol. The van der Waals surface area contributed by atoms with Crippen molar-refractivity contribution < 1.29 is 19.4 Å². The van der Waals surface area contributed by atoms with E-state index in [0.29, 0.717) is 11.5 Å². The minimum Gasteiger partial charge on any atom is -0.497 e. The van der Waals surface area contributed by atoms with Crippen molar-refractivity contribution in [3.05, 3.63) is 53.1 Å². The topological polar surface area (TPSA) is 55.8 Å². The summed E-state index contributed by atoms with van der Waals surface area (Å²) >= 11 is 5.86. The van der Waals surface area contributed by atoms with Crippen LogP contribution in [0.3, 0.4) is 0 Å². The number of benzene rings is 2. The summed E-state index contributed by atoms with van der Waals surface area (Å²) in [4.78, 5) is 10.8. The van der Waals surface area contributed by atoms with Gasteiger partial charge in [0.05, 0.1) is 17.7 Å². The molecule has 0 aromatic heterocycles. The first-order valence-electron chi connectivity index (χ1n) is 5.45. The fourth-order valence-electron chi connectivity index (χ4n) is 1.51. The van der Waals surface area contributed by atoms with E-state index < -0.39 is 5.97 Å². The molecule has 1 N–H and O–H groups in total. The van der Waals surface area contributed by atoms with Crippen LogP contribution in [0.5, 0.6) is 17.2 Å². The van der Waals surface area contributed by atoms with Gasteiger partial charge in [0.15, 0.2) is 0 Å². The number of aromatic carboxylic acids is 1. The van der Waals surface area contributed by atoms with Crippen molar-refractivity contribution in [1.82, 2.24) is 0 Å². The lowest BCUT2D eigenvalue weighted by atomic mass is 10.2. The van der Waals surface area contributed by atoms with E-state index in [2.05, 4.69) is 0 Å². The Morgan fingerprint density at radius 1 is 1.05 bits per heavy atom. The van der Waals surface area contributed by atoms with Crippen LogP contribution in [-0.2, 0) is 0 Å². The van der Waals surface area contributed by atoms with Crippen LogP contribution in [0.25, 0.3) is 0 Å². The van der Waals surface area contributed by atoms with Crippen LogP contribution in [0.15, 0.2) is 42.5 Å². The summed E-state index contributed by atoms with van der Waals surface area (Å²) in [5, 5.41) is 9.00. The predicted molar refractivity (Wildman–Crippen MR) is 71.5 cm³/mol. The zero-order chi connectivity index (χ0) is 13.8. The smallest absolute Gasteiger partial charge is 0.337 e. The van der Waals surface area contributed by atoms with Crippen LogP contribution in [0.2, 0.25) is 5.02 Å². The van der Waals surface area contributed by atoms with Crippen molar-refractivity contribution in [2.24, 2.45) is 0 Å². The lowest BCUT2D eigenvalue weighted by Gasteiger charge is -2.08. The van der Waals surface area contributed by atoms with E-state index in [-0.39, 0.29) is 10.6 Å². The maximum Gasteiger partial charge on any atom is 0.337 e. The molecule has 0 atom stereocenters. The largest absolute Gasteiger partial charge is 0.497 e. The summed E-state index contributed by atoms with van der Waals surface area (Å²) in [5.41, 5.74) is 0.0451. The van der Waals surface area contributed by atoms with Gasteiger partial charge in [-0.3, -0.25) is 0 Å². The number of halogens is 1. The SMILES string of the molecule is COc1ccc(Oc2ccc(C(=O)O)c(Cl)c2)cc1. The van der Waals surface area contributed by atoms with Crippen LogP contribution in [0, 0.1) is 0 Å². The molecule has 4 nitrogen and oxygen atoms in total. The van der Waals surface area contributed by atoms with Crippen molar-refractivity contribution in [2.45, 2.75) is 0 Å². The van der Waals surface area contributed by atoms with Gasteiger partial charge in [0, 0.05) is 6.07 Å². The molecule has 0 aliphatic heterocycles. The maximum absolute atomic E-state index is 10.8. The molecule has 0 unspecified atom stereocenters. The van der Waals surface area contributed by atoms with E-state index >= 15 is 0 Å². The average molecular weight is 279 g/mol. The molecule has 19 heavy (non-hydrogen) atoms. The second-order valence-corrected chi connectivity index (χ2v) is 4.13. The van der Waals surface area contributed by atoms with Gasteiger partial charge < -0.3 is 14.6 Å². The summed E-state index contributed by atoms with van der Waals surface area (Å²) in [7, 11) is 1.58. The highest BCUT2D eigenvalue weighted by Gasteiger charge is 2.09. The Kier molecular flexibility index (Phi) is 3.92. The van der Waals surface area contributed by atoms with E-state index in [9.17, 15) is 4.79 Å². The summed E-state index contributed by atoms with van der Waals surface area (Å²) < 4.78 is 10.6. The monoisotopic (exact) mass is 278 g/mol. The molecule has 0 fully saturated rings. The zero-order valence-corrected chi connectivity index (χ0v) is 10.8. The molecule has 0 saturated carbocycles. The molecule has 98 valence electrons. The highest BCUT2D eigenvalue weighted by atomic mass is 35.5. The van der Waals surface area contributed by atoms with Crippen LogP contribution in [0.1, 0.15) is 10.4 Å². The van der Waals surface area contributed by atoms with Gasteiger partial charge in [-0.05, 0) is 36.4 Å². The van der Waals surface area contributed by atoms with Crippen molar-refractivity contribution in [1.29, 1.82) is 0 Å². The first kappa shape index (κ1) is 13.2. The molecule has 0 aliphatic carbocycles. The fourth-order valence-corrected chi connectivity index (χ4v) is 1.76. The number of carboxylic acid groups (broad SMARTS) is 1. The van der Waals surface area contributed by atoms with Gasteiger partial charge in [-0.2, -0.15) is 0 Å². The van der Waals surface area contributed by atoms with Crippen molar-refractivity contribution in [3.63, 3.8) is 0 Å². The predicted octanol–water partition coefficient (Wildman–Crippen LogP) is 3.84. The van der Waals surface area contributed by atoms with Gasteiger partial charge >= 0.3 is 5.97 Å². The minimum absolute atomic E-state index is 0.0451. The van der Waals surface area contributed by atoms with E-state index in [0.717, 1.165) is 5.75 Å². The lowest BCUT2D eigenvalue weighted by Crippen LogP contribution is -1.97. The van der Waals surface area contributed by atoms with Gasteiger partial charge in [0.2, 0.25) is 0 Å². The standard InChI is InChI=1S/C14H11ClO4/c1-18-9-2-4-10(5-3-9)19-11-6-7-12(14(16)17)13(15)8-11/h2-8H,1H3,(H,16,17). The fraction of sp³-hybridized carbons (Fsp3) is 0.0714. The third kappa shape index (κ3) is 3.17. The second kappa shape index (κ2) is 5.63. The van der Waals surface area contributed by atoms with Gasteiger partial charge in [-0.25, -0.2) is 4.79 Å². The molecule has 0 heterocycles. The molecule has 0 radical (unpaired) electrons. The molecular formula is C14H11ClO4. The Morgan fingerprint density at radius 2 is 1.63 bits per heavy atom. The Hall–Kier alpha value is -2.20. The van der Waals surface area contributed by atoms with E-state index in [1.165, 1.54) is 12.1 Å². The Balaban J connectivity index is 2.18. The number of hydrogen-bond acceptors (Lipinski definition) is 3. The summed E-state index contributed by atoms with van der Waals surface area (Å²) in [6, 6.07) is 11.5. The molecule has 2 aromatic rings. The van der Waals surface area contributed by atoms with Gasteiger partial charge in [-0.15, -0.1) is 0 Å². The number of ether oxygens (including phenoxy) is 2. The number of methoxy groups -OCH3 is 1. The van der Waals surface area contributed by atoms with E-state index in [1.54, 1.807) is 37.4 Å². The molecule has 2 rings (SSSR count). The maximum atomic E-state index is 10.8. The van der Waals surface area contributed by atoms with Crippen molar-refractivity contribution in [3.8, 4) is 17.2 Å². The number of hydrogen-bond donors (Lipinski definition) is 1. The highest BCUT2D eigenvalue weighted by molar-refractivity contribution is 6.33. The third-order valence-electron chi connectivity index (χ3n) is 2.47. The molecule has 0 aliphatic rings. The van der Waals surface area contributed by atoms with E-state index in [1.807, 2.05) is 0 Å². The van der Waals surface area contributed by atoms with Crippen LogP contribution < -0.4 is 9.47 Å². The van der Waals surface area contributed by atoms with Crippen LogP contribution >= 0.6 is 11.6 Å². The molecule has 0 saturated heterocycles. The Morgan fingerprint density at radius 3 is 2.16 bits per heavy atom. The number of carbonyl (C=O) groups is 1. The minimum atomic E-state index is -1.07.